The Kier molecular flexibility index (Phi) is 6.07. The SMILES string of the molecule is Cc1cn([C@H]2CO[C@@H](COC(=O)[C@@H](N)CCC(=O)O)O2)c(=O)[nH]c1=O. The van der Waals surface area contributed by atoms with Crippen molar-refractivity contribution in [2.75, 3.05) is 13.2 Å². The molecule has 0 spiro atoms. The zero-order valence-corrected chi connectivity index (χ0v) is 13.5. The molecule has 1 fully saturated rings. The minimum absolute atomic E-state index is 0.0265. The van der Waals surface area contributed by atoms with E-state index in [0.29, 0.717) is 5.56 Å². The number of hydrogen-bond acceptors (Lipinski definition) is 8. The molecule has 2 heterocycles. The third kappa shape index (κ3) is 4.98. The quantitative estimate of drug-likeness (QED) is 0.490. The van der Waals surface area contributed by atoms with Crippen molar-refractivity contribution in [3.63, 3.8) is 0 Å². The van der Waals surface area contributed by atoms with Gasteiger partial charge in [-0.2, -0.15) is 0 Å². The molecule has 0 unspecified atom stereocenters. The lowest BCUT2D eigenvalue weighted by atomic mass is 10.2. The largest absolute Gasteiger partial charge is 0.481 e. The van der Waals surface area contributed by atoms with Gasteiger partial charge in [0.05, 0.1) is 6.61 Å². The molecule has 0 bridgehead atoms. The fourth-order valence-corrected chi connectivity index (χ4v) is 2.13. The molecule has 0 saturated carbocycles. The molecule has 2 rings (SSSR count). The summed E-state index contributed by atoms with van der Waals surface area (Å²) in [6.45, 7) is 1.31. The molecule has 0 radical (unpaired) electrons. The molecule has 138 valence electrons. The fourth-order valence-electron chi connectivity index (χ4n) is 2.13. The van der Waals surface area contributed by atoms with E-state index in [-0.39, 0.29) is 26.1 Å². The van der Waals surface area contributed by atoms with E-state index >= 15 is 0 Å². The molecular formula is C14H19N3O8. The van der Waals surface area contributed by atoms with Gasteiger partial charge in [0, 0.05) is 18.2 Å². The van der Waals surface area contributed by atoms with E-state index in [1.165, 1.54) is 10.8 Å². The summed E-state index contributed by atoms with van der Waals surface area (Å²) in [5, 5.41) is 8.55. The second kappa shape index (κ2) is 8.05. The van der Waals surface area contributed by atoms with E-state index in [1.807, 2.05) is 0 Å². The number of nitrogens with two attached hydrogens (primary N) is 1. The Labute approximate surface area is 141 Å². The summed E-state index contributed by atoms with van der Waals surface area (Å²) in [5.74, 6) is -1.83. The normalized spacial score (nSPS) is 21.0. The van der Waals surface area contributed by atoms with Crippen molar-refractivity contribution in [2.45, 2.75) is 38.3 Å². The Morgan fingerprint density at radius 1 is 1.52 bits per heavy atom. The average Bonchev–Trinajstić information content (AvgIpc) is 3.02. The Balaban J connectivity index is 1.86. The number of rotatable bonds is 7. The van der Waals surface area contributed by atoms with Crippen LogP contribution in [0.1, 0.15) is 24.6 Å². The summed E-state index contributed by atoms with van der Waals surface area (Å²) in [6, 6.07) is -1.06. The molecule has 11 heteroatoms. The van der Waals surface area contributed by atoms with Gasteiger partial charge in [0.1, 0.15) is 12.6 Å². The Morgan fingerprint density at radius 2 is 2.24 bits per heavy atom. The Hall–Kier alpha value is -2.50. The van der Waals surface area contributed by atoms with Gasteiger partial charge >= 0.3 is 17.6 Å². The first-order valence-corrected chi connectivity index (χ1v) is 7.51. The van der Waals surface area contributed by atoms with Crippen LogP contribution in [0.15, 0.2) is 15.8 Å². The standard InChI is InChI=1S/C14H19N3O8/c1-7-4-17(14(22)16-12(7)20)9-5-23-11(25-9)6-24-13(21)8(15)2-3-10(18)19/h4,8-9,11H,2-3,5-6,15H2,1H3,(H,18,19)(H,16,20,22)/t8-,9+,11+/m0/s1. The number of carbonyl (C=O) groups excluding carboxylic acids is 1. The molecule has 0 aromatic carbocycles. The number of ether oxygens (including phenoxy) is 3. The minimum atomic E-state index is -1.06. The highest BCUT2D eigenvalue weighted by molar-refractivity contribution is 5.76. The van der Waals surface area contributed by atoms with Crippen LogP contribution in [0.5, 0.6) is 0 Å². The smallest absolute Gasteiger partial charge is 0.330 e. The van der Waals surface area contributed by atoms with Gasteiger partial charge in [-0.25, -0.2) is 4.79 Å². The summed E-state index contributed by atoms with van der Waals surface area (Å²) < 4.78 is 16.8. The number of hydrogen-bond donors (Lipinski definition) is 3. The van der Waals surface area contributed by atoms with E-state index in [1.54, 1.807) is 6.92 Å². The molecule has 11 nitrogen and oxygen atoms in total. The van der Waals surface area contributed by atoms with Crippen molar-refractivity contribution in [1.29, 1.82) is 0 Å². The molecule has 1 aliphatic heterocycles. The van der Waals surface area contributed by atoms with Gasteiger partial charge in [0.25, 0.3) is 5.56 Å². The van der Waals surface area contributed by atoms with Gasteiger partial charge in [0.2, 0.25) is 0 Å². The van der Waals surface area contributed by atoms with E-state index in [9.17, 15) is 19.2 Å². The van der Waals surface area contributed by atoms with Crippen molar-refractivity contribution in [3.8, 4) is 0 Å². The number of aromatic amines is 1. The van der Waals surface area contributed by atoms with Gasteiger partial charge in [-0.1, -0.05) is 0 Å². The number of carboxylic acid groups (broad SMARTS) is 1. The van der Waals surface area contributed by atoms with Gasteiger partial charge in [-0.15, -0.1) is 0 Å². The summed E-state index contributed by atoms with van der Waals surface area (Å²) >= 11 is 0. The van der Waals surface area contributed by atoms with Gasteiger partial charge < -0.3 is 25.1 Å². The van der Waals surface area contributed by atoms with E-state index in [2.05, 4.69) is 4.98 Å². The maximum Gasteiger partial charge on any atom is 0.330 e. The molecule has 3 atom stereocenters. The average molecular weight is 357 g/mol. The van der Waals surface area contributed by atoms with Crippen LogP contribution in [0.2, 0.25) is 0 Å². The van der Waals surface area contributed by atoms with Crippen LogP contribution < -0.4 is 17.0 Å². The van der Waals surface area contributed by atoms with Crippen LogP contribution in [0.3, 0.4) is 0 Å². The zero-order valence-electron chi connectivity index (χ0n) is 13.5. The summed E-state index contributed by atoms with van der Waals surface area (Å²) in [6.07, 6.45) is -0.615. The number of carboxylic acids is 1. The van der Waals surface area contributed by atoms with Crippen molar-refractivity contribution < 1.29 is 28.9 Å². The lowest BCUT2D eigenvalue weighted by Crippen LogP contribution is -2.35. The minimum Gasteiger partial charge on any atom is -0.481 e. The highest BCUT2D eigenvalue weighted by Gasteiger charge is 2.30. The van der Waals surface area contributed by atoms with Gasteiger partial charge in [-0.05, 0) is 13.3 Å². The van der Waals surface area contributed by atoms with Crippen LogP contribution in [0.25, 0.3) is 0 Å². The molecule has 25 heavy (non-hydrogen) atoms. The number of nitrogens with one attached hydrogen (secondary N) is 1. The molecule has 4 N–H and O–H groups in total. The Bertz CT molecular complexity index is 755. The second-order valence-corrected chi connectivity index (χ2v) is 5.50. The number of aryl methyl sites for hydroxylation is 1. The van der Waals surface area contributed by atoms with Crippen molar-refractivity contribution in [3.05, 3.63) is 32.6 Å². The van der Waals surface area contributed by atoms with Gasteiger partial charge in [0.15, 0.2) is 12.5 Å². The van der Waals surface area contributed by atoms with Crippen LogP contribution in [0, 0.1) is 6.92 Å². The van der Waals surface area contributed by atoms with Crippen molar-refractivity contribution >= 4 is 11.9 Å². The van der Waals surface area contributed by atoms with Crippen LogP contribution in [-0.2, 0) is 23.8 Å². The molecule has 0 aliphatic carbocycles. The molecule has 1 aromatic heterocycles. The third-order valence-electron chi connectivity index (χ3n) is 3.52. The summed E-state index contributed by atoms with van der Waals surface area (Å²) in [4.78, 5) is 47.4. The first-order valence-electron chi connectivity index (χ1n) is 7.51. The van der Waals surface area contributed by atoms with Crippen molar-refractivity contribution in [2.24, 2.45) is 5.73 Å². The predicted molar refractivity (Wildman–Crippen MR) is 81.7 cm³/mol. The summed E-state index contributed by atoms with van der Waals surface area (Å²) in [7, 11) is 0. The van der Waals surface area contributed by atoms with E-state index in [4.69, 9.17) is 25.1 Å². The first-order chi connectivity index (χ1) is 11.8. The fraction of sp³-hybridized carbons (Fsp3) is 0.571. The number of carbonyl (C=O) groups is 2. The predicted octanol–water partition coefficient (Wildman–Crippen LogP) is -1.55. The highest BCUT2D eigenvalue weighted by Crippen LogP contribution is 2.19. The molecular weight excluding hydrogens is 338 g/mol. The number of nitrogens with zero attached hydrogens (tertiary/aromatic N) is 1. The molecule has 0 amide bonds. The monoisotopic (exact) mass is 357 g/mol. The number of esters is 1. The van der Waals surface area contributed by atoms with Gasteiger partial charge in [-0.3, -0.25) is 23.9 Å². The zero-order chi connectivity index (χ0) is 18.6. The molecule has 1 saturated heterocycles. The summed E-state index contributed by atoms with van der Waals surface area (Å²) in [5.41, 5.74) is 4.73. The second-order valence-electron chi connectivity index (χ2n) is 5.50. The van der Waals surface area contributed by atoms with Crippen molar-refractivity contribution in [1.82, 2.24) is 9.55 Å². The topological polar surface area (TPSA) is 163 Å². The van der Waals surface area contributed by atoms with Crippen LogP contribution in [-0.4, -0.2) is 52.1 Å². The molecule has 1 aromatic rings. The van der Waals surface area contributed by atoms with E-state index in [0.717, 1.165) is 0 Å². The maximum atomic E-state index is 11.8. The number of H-pyrrole nitrogens is 1. The lowest BCUT2D eigenvalue weighted by molar-refractivity contribution is -0.160. The number of aliphatic carboxylic acids is 1. The van der Waals surface area contributed by atoms with Crippen LogP contribution >= 0.6 is 0 Å². The van der Waals surface area contributed by atoms with Crippen LogP contribution in [0.4, 0.5) is 0 Å². The van der Waals surface area contributed by atoms with E-state index < -0.39 is 41.7 Å². The first kappa shape index (κ1) is 18.8. The Morgan fingerprint density at radius 3 is 2.92 bits per heavy atom. The lowest BCUT2D eigenvalue weighted by Gasteiger charge is -2.15. The maximum absolute atomic E-state index is 11.8. The molecule has 1 aliphatic rings. The highest BCUT2D eigenvalue weighted by atomic mass is 16.7. The third-order valence-corrected chi connectivity index (χ3v) is 3.52. The number of aromatic nitrogens is 2.